The lowest BCUT2D eigenvalue weighted by molar-refractivity contribution is 0.0249. The molecule has 0 spiro atoms. The lowest BCUT2D eigenvalue weighted by atomic mass is 9.96. The molecule has 34 heavy (non-hydrogen) atoms. The zero-order valence-corrected chi connectivity index (χ0v) is 19.2. The van der Waals surface area contributed by atoms with Gasteiger partial charge in [0.15, 0.2) is 0 Å². The molecule has 3 aromatic carbocycles. The summed E-state index contributed by atoms with van der Waals surface area (Å²) in [5, 5.41) is 23.3. The Kier molecular flexibility index (Phi) is 8.31. The molecule has 0 bridgehead atoms. The van der Waals surface area contributed by atoms with Gasteiger partial charge in [-0.2, -0.15) is 0 Å². The van der Waals surface area contributed by atoms with E-state index in [1.807, 2.05) is 60.7 Å². The zero-order chi connectivity index (χ0) is 23.8. The number of carbonyl (C=O) groups is 1. The topological polar surface area (TPSA) is 88.0 Å². The summed E-state index contributed by atoms with van der Waals surface area (Å²) < 4.78 is 11.5. The smallest absolute Gasteiger partial charge is 0.339 e. The Hall–Kier alpha value is -3.19. The molecule has 3 aromatic rings. The number of aromatic carboxylic acids is 1. The van der Waals surface area contributed by atoms with Crippen LogP contribution in [0.25, 0.3) is 11.1 Å². The van der Waals surface area contributed by atoms with Crippen molar-refractivity contribution in [2.45, 2.75) is 31.5 Å². The summed E-state index contributed by atoms with van der Waals surface area (Å²) in [6.45, 7) is 2.44. The molecule has 6 nitrogen and oxygen atoms in total. The largest absolute Gasteiger partial charge is 0.489 e. The van der Waals surface area contributed by atoms with Crippen molar-refractivity contribution in [2.75, 3.05) is 26.3 Å². The Morgan fingerprint density at radius 3 is 2.53 bits per heavy atom. The molecule has 0 amide bonds. The molecule has 6 heteroatoms. The molecule has 178 valence electrons. The lowest BCUT2D eigenvalue weighted by Crippen LogP contribution is -2.26. The van der Waals surface area contributed by atoms with Gasteiger partial charge >= 0.3 is 5.97 Å². The standard InChI is InChI=1S/C28H31NO5/c30-26(21-7-2-1-3-8-21)19-29-15-12-20-6-4-5-9-24(20)22-10-11-25(28(31)32)27(18-22)34-23-13-16-33-17-14-23/h1-11,18,23,26,29-30H,12-17,19H2,(H,31,32)/t26-/m0/s1. The molecular weight excluding hydrogens is 430 g/mol. The molecule has 3 N–H and O–H groups in total. The highest BCUT2D eigenvalue weighted by atomic mass is 16.5. The van der Waals surface area contributed by atoms with Gasteiger partial charge in [-0.15, -0.1) is 0 Å². The number of benzene rings is 3. The van der Waals surface area contributed by atoms with Gasteiger partial charge in [-0.25, -0.2) is 4.79 Å². The fourth-order valence-corrected chi connectivity index (χ4v) is 4.21. The number of hydrogen-bond donors (Lipinski definition) is 3. The van der Waals surface area contributed by atoms with Gasteiger partial charge < -0.3 is 25.0 Å². The Morgan fingerprint density at radius 2 is 1.76 bits per heavy atom. The fourth-order valence-electron chi connectivity index (χ4n) is 4.21. The van der Waals surface area contributed by atoms with Crippen LogP contribution in [0.1, 0.15) is 40.4 Å². The van der Waals surface area contributed by atoms with Crippen LogP contribution in [0.3, 0.4) is 0 Å². The summed E-state index contributed by atoms with van der Waals surface area (Å²) in [5.74, 6) is -0.598. The maximum atomic E-state index is 11.8. The van der Waals surface area contributed by atoms with Gasteiger partial charge in [-0.1, -0.05) is 60.7 Å². The van der Waals surface area contributed by atoms with E-state index in [1.54, 1.807) is 6.07 Å². The second-order valence-electron chi connectivity index (χ2n) is 8.48. The Labute approximate surface area is 200 Å². The van der Waals surface area contributed by atoms with Crippen LogP contribution in [0.5, 0.6) is 5.75 Å². The minimum atomic E-state index is -0.997. The maximum Gasteiger partial charge on any atom is 0.339 e. The summed E-state index contributed by atoms with van der Waals surface area (Å²) in [6, 6.07) is 23.0. The van der Waals surface area contributed by atoms with Crippen molar-refractivity contribution < 1.29 is 24.5 Å². The van der Waals surface area contributed by atoms with Crippen LogP contribution in [0.2, 0.25) is 0 Å². The van der Waals surface area contributed by atoms with E-state index in [2.05, 4.69) is 11.4 Å². The SMILES string of the molecule is O=C(O)c1ccc(-c2ccccc2CCNC[C@H](O)c2ccccc2)cc1OC1CCOCC1. The van der Waals surface area contributed by atoms with E-state index in [4.69, 9.17) is 9.47 Å². The van der Waals surface area contributed by atoms with E-state index in [9.17, 15) is 15.0 Å². The molecule has 0 saturated carbocycles. The normalized spacial score (nSPS) is 15.1. The van der Waals surface area contributed by atoms with Gasteiger partial charge in [0.1, 0.15) is 17.4 Å². The molecule has 1 fully saturated rings. The number of aliphatic hydroxyl groups excluding tert-OH is 1. The second-order valence-corrected chi connectivity index (χ2v) is 8.48. The summed E-state index contributed by atoms with van der Waals surface area (Å²) in [7, 11) is 0. The van der Waals surface area contributed by atoms with Crippen LogP contribution in [-0.4, -0.2) is 48.6 Å². The van der Waals surface area contributed by atoms with Crippen molar-refractivity contribution in [3.63, 3.8) is 0 Å². The summed E-state index contributed by atoms with van der Waals surface area (Å²) in [6.07, 6.45) is 1.68. The molecule has 0 radical (unpaired) electrons. The number of aliphatic hydroxyl groups is 1. The third-order valence-corrected chi connectivity index (χ3v) is 6.10. The molecule has 0 aliphatic carbocycles. The van der Waals surface area contributed by atoms with Crippen molar-refractivity contribution in [2.24, 2.45) is 0 Å². The Balaban J connectivity index is 1.45. The minimum Gasteiger partial charge on any atom is -0.489 e. The Bertz CT molecular complexity index is 1080. The summed E-state index contributed by atoms with van der Waals surface area (Å²) in [5.41, 5.74) is 4.17. The monoisotopic (exact) mass is 461 g/mol. The summed E-state index contributed by atoms with van der Waals surface area (Å²) >= 11 is 0. The van der Waals surface area contributed by atoms with Gasteiger partial charge in [-0.05, 0) is 47.4 Å². The molecule has 0 unspecified atom stereocenters. The second kappa shape index (κ2) is 11.8. The van der Waals surface area contributed by atoms with E-state index >= 15 is 0 Å². The lowest BCUT2D eigenvalue weighted by Gasteiger charge is -2.24. The molecule has 0 aromatic heterocycles. The first-order valence-electron chi connectivity index (χ1n) is 11.8. The Morgan fingerprint density at radius 1 is 1.03 bits per heavy atom. The van der Waals surface area contributed by atoms with Crippen LogP contribution >= 0.6 is 0 Å². The third kappa shape index (κ3) is 6.23. The van der Waals surface area contributed by atoms with E-state index in [-0.39, 0.29) is 11.7 Å². The molecular formula is C28H31NO5. The zero-order valence-electron chi connectivity index (χ0n) is 19.2. The van der Waals surface area contributed by atoms with Crippen molar-refractivity contribution in [1.29, 1.82) is 0 Å². The molecule has 1 atom stereocenters. The number of nitrogens with one attached hydrogen (secondary N) is 1. The van der Waals surface area contributed by atoms with Crippen LogP contribution in [0.15, 0.2) is 72.8 Å². The number of hydrogen-bond acceptors (Lipinski definition) is 5. The van der Waals surface area contributed by atoms with E-state index < -0.39 is 12.1 Å². The first-order chi connectivity index (χ1) is 16.6. The van der Waals surface area contributed by atoms with E-state index in [0.29, 0.717) is 32.1 Å². The van der Waals surface area contributed by atoms with Crippen molar-refractivity contribution in [1.82, 2.24) is 5.32 Å². The minimum absolute atomic E-state index is 0.0439. The molecule has 4 rings (SSSR count). The average molecular weight is 462 g/mol. The van der Waals surface area contributed by atoms with Gasteiger partial charge in [0, 0.05) is 19.4 Å². The maximum absolute atomic E-state index is 11.8. The highest BCUT2D eigenvalue weighted by Gasteiger charge is 2.20. The number of ether oxygens (including phenoxy) is 2. The number of rotatable bonds is 10. The van der Waals surface area contributed by atoms with Crippen LogP contribution in [-0.2, 0) is 11.2 Å². The highest BCUT2D eigenvalue weighted by molar-refractivity contribution is 5.92. The van der Waals surface area contributed by atoms with Crippen molar-refractivity contribution in [3.8, 4) is 16.9 Å². The quantitative estimate of drug-likeness (QED) is 0.386. The van der Waals surface area contributed by atoms with Crippen LogP contribution < -0.4 is 10.1 Å². The highest BCUT2D eigenvalue weighted by Crippen LogP contribution is 2.31. The summed E-state index contributed by atoms with van der Waals surface area (Å²) in [4.78, 5) is 11.8. The molecule has 1 aliphatic heterocycles. The molecule has 1 aliphatic rings. The van der Waals surface area contributed by atoms with E-state index in [1.165, 1.54) is 0 Å². The van der Waals surface area contributed by atoms with E-state index in [0.717, 1.165) is 41.5 Å². The predicted octanol–water partition coefficient (Wildman–Crippen LogP) is 4.48. The van der Waals surface area contributed by atoms with Crippen molar-refractivity contribution in [3.05, 3.63) is 89.5 Å². The third-order valence-electron chi connectivity index (χ3n) is 6.10. The number of carboxylic acid groups (broad SMARTS) is 1. The van der Waals surface area contributed by atoms with Gasteiger partial charge in [0.05, 0.1) is 19.3 Å². The van der Waals surface area contributed by atoms with Crippen LogP contribution in [0, 0.1) is 0 Å². The van der Waals surface area contributed by atoms with Gasteiger partial charge in [0.2, 0.25) is 0 Å². The number of carboxylic acids is 1. The first-order valence-corrected chi connectivity index (χ1v) is 11.8. The fraction of sp³-hybridized carbons (Fsp3) is 0.321. The average Bonchev–Trinajstić information content (AvgIpc) is 2.87. The van der Waals surface area contributed by atoms with Crippen molar-refractivity contribution >= 4 is 5.97 Å². The predicted molar refractivity (Wildman–Crippen MR) is 131 cm³/mol. The molecule has 1 saturated heterocycles. The van der Waals surface area contributed by atoms with Gasteiger partial charge in [0.25, 0.3) is 0 Å². The first kappa shape index (κ1) is 24.0. The van der Waals surface area contributed by atoms with Crippen LogP contribution in [0.4, 0.5) is 0 Å². The van der Waals surface area contributed by atoms with Gasteiger partial charge in [-0.3, -0.25) is 0 Å². The molecule has 1 heterocycles.